The van der Waals surface area contributed by atoms with Gasteiger partial charge in [0.25, 0.3) is 11.8 Å². The maximum absolute atomic E-state index is 12.1. The van der Waals surface area contributed by atoms with Crippen LogP contribution in [0.5, 0.6) is 0 Å². The summed E-state index contributed by atoms with van der Waals surface area (Å²) in [7, 11) is 1.66. The summed E-state index contributed by atoms with van der Waals surface area (Å²) in [5.74, 6) is -2.09. The van der Waals surface area contributed by atoms with Crippen LogP contribution in [0.2, 0.25) is 0 Å². The van der Waals surface area contributed by atoms with Gasteiger partial charge in [-0.3, -0.25) is 14.3 Å². The molecular formula is C14H11N3O4. The monoisotopic (exact) mass is 285 g/mol. The van der Waals surface area contributed by atoms with Crippen molar-refractivity contribution >= 4 is 17.8 Å². The van der Waals surface area contributed by atoms with Gasteiger partial charge in [0.1, 0.15) is 5.56 Å². The van der Waals surface area contributed by atoms with E-state index in [0.717, 1.165) is 0 Å². The predicted octanol–water partition coefficient (Wildman–Crippen LogP) is 1.10. The van der Waals surface area contributed by atoms with Crippen LogP contribution < -0.4 is 0 Å². The van der Waals surface area contributed by atoms with Crippen molar-refractivity contribution in [2.45, 2.75) is 6.92 Å². The van der Waals surface area contributed by atoms with E-state index in [0.29, 0.717) is 10.8 Å². The number of amides is 2. The lowest BCUT2D eigenvalue weighted by molar-refractivity contribution is -0.0585. The zero-order chi connectivity index (χ0) is 15.1. The first kappa shape index (κ1) is 13.0. The molecule has 0 radical (unpaired) electrons. The van der Waals surface area contributed by atoms with Crippen molar-refractivity contribution < 1.29 is 19.2 Å². The highest BCUT2D eigenvalue weighted by molar-refractivity contribution is 6.21. The first-order valence-corrected chi connectivity index (χ1v) is 6.19. The van der Waals surface area contributed by atoms with Crippen LogP contribution in [-0.2, 0) is 11.9 Å². The molecule has 21 heavy (non-hydrogen) atoms. The van der Waals surface area contributed by atoms with E-state index in [1.54, 1.807) is 26.1 Å². The summed E-state index contributed by atoms with van der Waals surface area (Å²) in [5, 5.41) is 4.50. The van der Waals surface area contributed by atoms with Crippen LogP contribution in [0.15, 0.2) is 30.5 Å². The van der Waals surface area contributed by atoms with Crippen molar-refractivity contribution in [2.24, 2.45) is 7.05 Å². The van der Waals surface area contributed by atoms with E-state index in [1.165, 1.54) is 23.0 Å². The molecule has 2 amide bonds. The summed E-state index contributed by atoms with van der Waals surface area (Å²) < 4.78 is 1.45. The Morgan fingerprint density at radius 1 is 1.14 bits per heavy atom. The SMILES string of the molecule is Cc1nn(C)cc1C(=O)ON1C(=O)c2ccccc2C1=O. The summed E-state index contributed by atoms with van der Waals surface area (Å²) in [6, 6.07) is 6.30. The number of hydrogen-bond donors (Lipinski definition) is 0. The molecule has 0 N–H and O–H groups in total. The highest BCUT2D eigenvalue weighted by atomic mass is 16.7. The van der Waals surface area contributed by atoms with Gasteiger partial charge in [-0.05, 0) is 19.1 Å². The Bertz CT molecular complexity index is 743. The topological polar surface area (TPSA) is 81.5 Å². The van der Waals surface area contributed by atoms with Crippen LogP contribution in [0.1, 0.15) is 36.8 Å². The summed E-state index contributed by atoms with van der Waals surface area (Å²) in [5.41, 5.74) is 1.10. The van der Waals surface area contributed by atoms with E-state index in [9.17, 15) is 14.4 Å². The fourth-order valence-electron chi connectivity index (χ4n) is 2.18. The van der Waals surface area contributed by atoms with E-state index >= 15 is 0 Å². The Kier molecular flexibility index (Phi) is 2.83. The maximum atomic E-state index is 12.1. The number of aromatic nitrogens is 2. The molecule has 1 aliphatic rings. The lowest BCUT2D eigenvalue weighted by atomic mass is 10.1. The van der Waals surface area contributed by atoms with E-state index in [1.807, 2.05) is 0 Å². The quantitative estimate of drug-likeness (QED) is 0.772. The van der Waals surface area contributed by atoms with Crippen LogP contribution in [0.3, 0.4) is 0 Å². The minimum absolute atomic E-state index is 0.203. The van der Waals surface area contributed by atoms with Gasteiger partial charge in [0, 0.05) is 13.2 Å². The average Bonchev–Trinajstić information content (AvgIpc) is 2.92. The lowest BCUT2D eigenvalue weighted by Gasteiger charge is -2.11. The number of hydrogen-bond acceptors (Lipinski definition) is 5. The second-order valence-corrected chi connectivity index (χ2v) is 4.63. The van der Waals surface area contributed by atoms with E-state index in [2.05, 4.69) is 5.10 Å². The number of nitrogens with zero attached hydrogens (tertiary/aromatic N) is 3. The molecule has 2 aromatic rings. The van der Waals surface area contributed by atoms with Crippen molar-refractivity contribution in [2.75, 3.05) is 0 Å². The van der Waals surface area contributed by atoms with Gasteiger partial charge in [0.15, 0.2) is 0 Å². The number of hydroxylamine groups is 2. The van der Waals surface area contributed by atoms with Crippen molar-refractivity contribution in [3.8, 4) is 0 Å². The second kappa shape index (κ2) is 4.55. The van der Waals surface area contributed by atoms with Crippen LogP contribution in [-0.4, -0.2) is 32.6 Å². The molecule has 7 nitrogen and oxygen atoms in total. The Morgan fingerprint density at radius 3 is 2.19 bits per heavy atom. The third-order valence-electron chi connectivity index (χ3n) is 3.16. The Labute approximate surface area is 119 Å². The number of fused-ring (bicyclic) bond motifs is 1. The lowest BCUT2D eigenvalue weighted by Crippen LogP contribution is -2.32. The molecule has 7 heteroatoms. The van der Waals surface area contributed by atoms with Gasteiger partial charge in [-0.2, -0.15) is 5.10 Å². The highest BCUT2D eigenvalue weighted by Gasteiger charge is 2.39. The van der Waals surface area contributed by atoms with E-state index < -0.39 is 17.8 Å². The van der Waals surface area contributed by atoms with Crippen LogP contribution in [0.25, 0.3) is 0 Å². The van der Waals surface area contributed by atoms with Gasteiger partial charge in [-0.25, -0.2) is 4.79 Å². The smallest absolute Gasteiger partial charge is 0.324 e. The Balaban J connectivity index is 1.87. The molecule has 106 valence electrons. The zero-order valence-corrected chi connectivity index (χ0v) is 11.4. The highest BCUT2D eigenvalue weighted by Crippen LogP contribution is 2.23. The fourth-order valence-corrected chi connectivity index (χ4v) is 2.18. The Morgan fingerprint density at radius 2 is 1.71 bits per heavy atom. The van der Waals surface area contributed by atoms with Gasteiger partial charge in [0.05, 0.1) is 16.8 Å². The minimum atomic E-state index is -0.796. The standard InChI is InChI=1S/C14H11N3O4/c1-8-11(7-16(2)15-8)14(20)21-17-12(18)9-5-3-4-6-10(9)13(17)19/h3-7H,1-2H3. The van der Waals surface area contributed by atoms with Gasteiger partial charge in [0.2, 0.25) is 0 Å². The molecule has 0 bridgehead atoms. The second-order valence-electron chi connectivity index (χ2n) is 4.63. The van der Waals surface area contributed by atoms with Gasteiger partial charge < -0.3 is 4.84 Å². The largest absolute Gasteiger partial charge is 0.367 e. The first-order valence-electron chi connectivity index (χ1n) is 6.19. The molecule has 0 atom stereocenters. The van der Waals surface area contributed by atoms with E-state index in [4.69, 9.17) is 4.84 Å². The van der Waals surface area contributed by atoms with Crippen LogP contribution >= 0.6 is 0 Å². The van der Waals surface area contributed by atoms with Crippen LogP contribution in [0, 0.1) is 6.92 Å². The molecular weight excluding hydrogens is 274 g/mol. The molecule has 0 saturated heterocycles. The summed E-state index contributed by atoms with van der Waals surface area (Å²) in [6.45, 7) is 1.64. The number of aryl methyl sites for hydroxylation is 2. The Hall–Kier alpha value is -2.96. The van der Waals surface area contributed by atoms with E-state index in [-0.39, 0.29) is 16.7 Å². The molecule has 0 fully saturated rings. The van der Waals surface area contributed by atoms with Gasteiger partial charge in [-0.1, -0.05) is 17.2 Å². The van der Waals surface area contributed by atoms with Crippen LogP contribution in [0.4, 0.5) is 0 Å². The molecule has 0 spiro atoms. The minimum Gasteiger partial charge on any atom is -0.324 e. The number of rotatable bonds is 2. The summed E-state index contributed by atoms with van der Waals surface area (Å²) in [4.78, 5) is 41.1. The first-order chi connectivity index (χ1) is 9.99. The molecule has 1 aromatic heterocycles. The van der Waals surface area contributed by atoms with Crippen molar-refractivity contribution in [3.63, 3.8) is 0 Å². The fraction of sp³-hybridized carbons (Fsp3) is 0.143. The number of carbonyl (C=O) groups excluding carboxylic acids is 3. The van der Waals surface area contributed by atoms with Crippen molar-refractivity contribution in [3.05, 3.63) is 52.8 Å². The molecule has 0 saturated carbocycles. The molecule has 2 heterocycles. The molecule has 0 unspecified atom stereocenters. The van der Waals surface area contributed by atoms with Gasteiger partial charge >= 0.3 is 5.97 Å². The molecule has 0 aliphatic carbocycles. The molecule has 3 rings (SSSR count). The molecule has 1 aromatic carbocycles. The maximum Gasteiger partial charge on any atom is 0.367 e. The van der Waals surface area contributed by atoms with Crippen molar-refractivity contribution in [1.29, 1.82) is 0 Å². The number of imide groups is 1. The predicted molar refractivity (Wildman–Crippen MR) is 70.3 cm³/mol. The van der Waals surface area contributed by atoms with Crippen molar-refractivity contribution in [1.82, 2.24) is 14.8 Å². The average molecular weight is 285 g/mol. The molecule has 1 aliphatic heterocycles. The number of carbonyl (C=O) groups is 3. The number of benzene rings is 1. The summed E-state index contributed by atoms with van der Waals surface area (Å²) in [6.07, 6.45) is 1.47. The van der Waals surface area contributed by atoms with Gasteiger partial charge in [-0.15, -0.1) is 0 Å². The summed E-state index contributed by atoms with van der Waals surface area (Å²) >= 11 is 0. The third kappa shape index (κ3) is 1.99. The third-order valence-corrected chi connectivity index (χ3v) is 3.16. The zero-order valence-electron chi connectivity index (χ0n) is 11.4. The normalized spacial score (nSPS) is 13.5.